The monoisotopic (exact) mass is 297 g/mol. The van der Waals surface area contributed by atoms with Crippen LogP contribution in [0.5, 0.6) is 11.5 Å². The van der Waals surface area contributed by atoms with Crippen LogP contribution in [0.15, 0.2) is 42.5 Å². The topological polar surface area (TPSA) is 49.8 Å². The van der Waals surface area contributed by atoms with Gasteiger partial charge in [-0.15, -0.1) is 0 Å². The highest BCUT2D eigenvalue weighted by molar-refractivity contribution is 5.93. The molecule has 1 atom stereocenters. The molecular formula is C18H19NO3. The Morgan fingerprint density at radius 3 is 2.59 bits per heavy atom. The van der Waals surface area contributed by atoms with Gasteiger partial charge in [0.05, 0.1) is 6.10 Å². The van der Waals surface area contributed by atoms with Gasteiger partial charge < -0.3 is 14.7 Å². The lowest BCUT2D eigenvalue weighted by atomic mass is 10.1. The van der Waals surface area contributed by atoms with Crippen LogP contribution in [0, 0.1) is 0 Å². The molecule has 3 rings (SSSR count). The Hall–Kier alpha value is -2.33. The standard InChI is InChI=1S/C18H19NO3/c1-19(2)18(21)12-6-8-13(9-7-12)22-17-5-3-4-14-15(17)10-11-16(14)20/h3-9,16,20H,10-11H2,1-2H3. The molecule has 114 valence electrons. The maximum atomic E-state index is 11.9. The molecule has 1 unspecified atom stereocenters. The van der Waals surface area contributed by atoms with Crippen LogP contribution >= 0.6 is 0 Å². The first kappa shape index (κ1) is 14.6. The van der Waals surface area contributed by atoms with E-state index in [-0.39, 0.29) is 5.91 Å². The van der Waals surface area contributed by atoms with Crippen molar-refractivity contribution in [2.24, 2.45) is 0 Å². The van der Waals surface area contributed by atoms with Crippen LogP contribution in [0.25, 0.3) is 0 Å². The second-order valence-electron chi connectivity index (χ2n) is 5.70. The predicted molar refractivity (Wildman–Crippen MR) is 84.3 cm³/mol. The molecule has 1 aliphatic rings. The van der Waals surface area contributed by atoms with Gasteiger partial charge in [-0.05, 0) is 48.7 Å². The second-order valence-corrected chi connectivity index (χ2v) is 5.70. The molecule has 0 fully saturated rings. The van der Waals surface area contributed by atoms with E-state index >= 15 is 0 Å². The zero-order chi connectivity index (χ0) is 15.7. The molecule has 1 aliphatic carbocycles. The molecule has 0 saturated carbocycles. The molecule has 22 heavy (non-hydrogen) atoms. The van der Waals surface area contributed by atoms with E-state index in [1.165, 1.54) is 0 Å². The zero-order valence-corrected chi connectivity index (χ0v) is 12.7. The first-order chi connectivity index (χ1) is 10.6. The minimum Gasteiger partial charge on any atom is -0.457 e. The van der Waals surface area contributed by atoms with Crippen LogP contribution < -0.4 is 4.74 Å². The Kier molecular flexibility index (Phi) is 3.86. The van der Waals surface area contributed by atoms with Crippen molar-refractivity contribution in [1.82, 2.24) is 4.90 Å². The van der Waals surface area contributed by atoms with Crippen LogP contribution in [0.4, 0.5) is 0 Å². The molecule has 0 spiro atoms. The molecule has 4 nitrogen and oxygen atoms in total. The largest absolute Gasteiger partial charge is 0.457 e. The summed E-state index contributed by atoms with van der Waals surface area (Å²) in [5.41, 5.74) is 2.66. The molecule has 0 aliphatic heterocycles. The quantitative estimate of drug-likeness (QED) is 0.946. The van der Waals surface area contributed by atoms with Crippen LogP contribution in [-0.2, 0) is 6.42 Å². The Balaban J connectivity index is 1.82. The van der Waals surface area contributed by atoms with Gasteiger partial charge in [-0.25, -0.2) is 0 Å². The van der Waals surface area contributed by atoms with Crippen molar-refractivity contribution >= 4 is 5.91 Å². The van der Waals surface area contributed by atoms with Crippen molar-refractivity contribution in [1.29, 1.82) is 0 Å². The molecule has 1 N–H and O–H groups in total. The number of hydrogen-bond acceptors (Lipinski definition) is 3. The van der Waals surface area contributed by atoms with E-state index in [1.807, 2.05) is 18.2 Å². The van der Waals surface area contributed by atoms with Gasteiger partial charge in [0.2, 0.25) is 0 Å². The molecule has 2 aromatic rings. The number of ether oxygens (including phenoxy) is 1. The number of hydrogen-bond donors (Lipinski definition) is 1. The lowest BCUT2D eigenvalue weighted by Crippen LogP contribution is -2.21. The third-order valence-corrected chi connectivity index (χ3v) is 3.93. The number of amides is 1. The summed E-state index contributed by atoms with van der Waals surface area (Å²) in [5.74, 6) is 1.43. The van der Waals surface area contributed by atoms with Crippen LogP contribution in [0.2, 0.25) is 0 Å². The molecule has 1 amide bonds. The molecular weight excluding hydrogens is 278 g/mol. The summed E-state index contributed by atoms with van der Waals surface area (Å²) >= 11 is 0. The van der Waals surface area contributed by atoms with E-state index in [4.69, 9.17) is 4.74 Å². The fraction of sp³-hybridized carbons (Fsp3) is 0.278. The first-order valence-corrected chi connectivity index (χ1v) is 7.35. The average Bonchev–Trinajstić information content (AvgIpc) is 2.90. The van der Waals surface area contributed by atoms with E-state index < -0.39 is 6.10 Å². The van der Waals surface area contributed by atoms with Crippen LogP contribution in [-0.4, -0.2) is 30.0 Å². The van der Waals surface area contributed by atoms with Crippen molar-refractivity contribution in [2.45, 2.75) is 18.9 Å². The summed E-state index contributed by atoms with van der Waals surface area (Å²) in [7, 11) is 3.46. The minimum atomic E-state index is -0.390. The average molecular weight is 297 g/mol. The third kappa shape index (κ3) is 2.70. The summed E-state index contributed by atoms with van der Waals surface area (Å²) in [6.07, 6.45) is 1.18. The minimum absolute atomic E-state index is 0.0322. The fourth-order valence-corrected chi connectivity index (χ4v) is 2.75. The molecule has 0 radical (unpaired) electrons. The fourth-order valence-electron chi connectivity index (χ4n) is 2.75. The maximum Gasteiger partial charge on any atom is 0.253 e. The van der Waals surface area contributed by atoms with Gasteiger partial charge in [0.1, 0.15) is 11.5 Å². The normalized spacial score (nSPS) is 16.2. The van der Waals surface area contributed by atoms with E-state index in [9.17, 15) is 9.90 Å². The summed E-state index contributed by atoms with van der Waals surface area (Å²) in [4.78, 5) is 13.4. The van der Waals surface area contributed by atoms with Crippen LogP contribution in [0.3, 0.4) is 0 Å². The predicted octanol–water partition coefficient (Wildman–Crippen LogP) is 3.16. The number of nitrogens with zero attached hydrogens (tertiary/aromatic N) is 1. The molecule has 4 heteroatoms. The number of rotatable bonds is 3. The Bertz CT molecular complexity index is 692. The third-order valence-electron chi connectivity index (χ3n) is 3.93. The van der Waals surface area contributed by atoms with Gasteiger partial charge in [-0.2, -0.15) is 0 Å². The maximum absolute atomic E-state index is 11.9. The Morgan fingerprint density at radius 2 is 1.91 bits per heavy atom. The van der Waals surface area contributed by atoms with E-state index in [2.05, 4.69) is 0 Å². The number of aliphatic hydroxyl groups is 1. The highest BCUT2D eigenvalue weighted by atomic mass is 16.5. The van der Waals surface area contributed by atoms with Gasteiger partial charge in [0.25, 0.3) is 5.91 Å². The van der Waals surface area contributed by atoms with E-state index in [0.29, 0.717) is 11.3 Å². The van der Waals surface area contributed by atoms with E-state index in [0.717, 1.165) is 29.7 Å². The van der Waals surface area contributed by atoms with Gasteiger partial charge in [-0.3, -0.25) is 4.79 Å². The van der Waals surface area contributed by atoms with Crippen molar-refractivity contribution in [2.75, 3.05) is 14.1 Å². The molecule has 0 heterocycles. The number of carbonyl (C=O) groups excluding carboxylic acids is 1. The molecule has 0 saturated heterocycles. The Labute approximate surface area is 130 Å². The summed E-state index contributed by atoms with van der Waals surface area (Å²) < 4.78 is 5.93. The molecule has 0 aromatic heterocycles. The lowest BCUT2D eigenvalue weighted by molar-refractivity contribution is 0.0827. The Morgan fingerprint density at radius 1 is 1.18 bits per heavy atom. The van der Waals surface area contributed by atoms with Crippen molar-refractivity contribution in [3.05, 3.63) is 59.2 Å². The van der Waals surface area contributed by atoms with Crippen LogP contribution in [0.1, 0.15) is 34.0 Å². The smallest absolute Gasteiger partial charge is 0.253 e. The van der Waals surface area contributed by atoms with E-state index in [1.54, 1.807) is 43.3 Å². The van der Waals surface area contributed by atoms with Crippen molar-refractivity contribution < 1.29 is 14.6 Å². The number of fused-ring (bicyclic) bond motifs is 1. The van der Waals surface area contributed by atoms with Crippen molar-refractivity contribution in [3.63, 3.8) is 0 Å². The highest BCUT2D eigenvalue weighted by Gasteiger charge is 2.23. The summed E-state index contributed by atoms with van der Waals surface area (Å²) in [6.45, 7) is 0. The number of carbonyl (C=O) groups is 1. The lowest BCUT2D eigenvalue weighted by Gasteiger charge is -2.13. The summed E-state index contributed by atoms with van der Waals surface area (Å²) in [6, 6.07) is 12.9. The van der Waals surface area contributed by atoms with Gasteiger partial charge in [0.15, 0.2) is 0 Å². The SMILES string of the molecule is CN(C)C(=O)c1ccc(Oc2cccc3c2CCC3O)cc1. The highest BCUT2D eigenvalue weighted by Crippen LogP contribution is 2.38. The molecule has 2 aromatic carbocycles. The van der Waals surface area contributed by atoms with Crippen molar-refractivity contribution in [3.8, 4) is 11.5 Å². The van der Waals surface area contributed by atoms with Gasteiger partial charge in [-0.1, -0.05) is 12.1 Å². The second kappa shape index (κ2) is 5.81. The number of benzene rings is 2. The number of aliphatic hydroxyl groups excluding tert-OH is 1. The first-order valence-electron chi connectivity index (χ1n) is 7.35. The molecule has 0 bridgehead atoms. The van der Waals surface area contributed by atoms with Gasteiger partial charge in [0, 0.05) is 25.2 Å². The summed E-state index contributed by atoms with van der Waals surface area (Å²) in [5, 5.41) is 9.92. The van der Waals surface area contributed by atoms with Gasteiger partial charge >= 0.3 is 0 Å². The zero-order valence-electron chi connectivity index (χ0n) is 12.7.